The second-order valence-corrected chi connectivity index (χ2v) is 4.03. The number of methoxy groups -OCH3 is 1. The van der Waals surface area contributed by atoms with Gasteiger partial charge in [0, 0.05) is 13.1 Å². The number of aryl methyl sites for hydroxylation is 1. The van der Waals surface area contributed by atoms with E-state index in [-0.39, 0.29) is 24.0 Å². The van der Waals surface area contributed by atoms with Gasteiger partial charge in [0.2, 0.25) is 0 Å². The van der Waals surface area contributed by atoms with Crippen LogP contribution in [0.3, 0.4) is 0 Å². The van der Waals surface area contributed by atoms with Crippen molar-refractivity contribution >= 4 is 29.9 Å². The number of guanidine groups is 1. The number of nitrogens with zero attached hydrogens (tertiary/aromatic N) is 1. The minimum Gasteiger partial charge on any atom is -0.496 e. The number of rotatable bonds is 5. The Morgan fingerprint density at radius 1 is 1.21 bits per heavy atom. The molecule has 0 atom stereocenters. The fourth-order valence-corrected chi connectivity index (χ4v) is 1.64. The van der Waals surface area contributed by atoms with Gasteiger partial charge in [-0.2, -0.15) is 0 Å². The molecule has 0 aliphatic rings. The lowest BCUT2D eigenvalue weighted by Crippen LogP contribution is -2.36. The van der Waals surface area contributed by atoms with Gasteiger partial charge in [0.1, 0.15) is 5.75 Å². The molecular weight excluding hydrogens is 353 g/mol. The van der Waals surface area contributed by atoms with Crippen molar-refractivity contribution in [3.63, 3.8) is 0 Å². The molecule has 1 rings (SSSR count). The lowest BCUT2D eigenvalue weighted by Gasteiger charge is -2.10. The number of hydrogen-bond acceptors (Lipinski definition) is 2. The van der Waals surface area contributed by atoms with E-state index in [0.29, 0.717) is 6.54 Å². The van der Waals surface area contributed by atoms with E-state index >= 15 is 0 Å². The first kappa shape index (κ1) is 18.0. The molecule has 0 amide bonds. The van der Waals surface area contributed by atoms with Gasteiger partial charge >= 0.3 is 0 Å². The van der Waals surface area contributed by atoms with Crippen molar-refractivity contribution in [2.45, 2.75) is 27.3 Å². The van der Waals surface area contributed by atoms with Crippen LogP contribution in [0.5, 0.6) is 5.75 Å². The second kappa shape index (κ2) is 9.89. The highest BCUT2D eigenvalue weighted by Gasteiger charge is 2.00. The van der Waals surface area contributed by atoms with Crippen molar-refractivity contribution in [2.75, 3.05) is 20.2 Å². The molecule has 0 saturated heterocycles. The molecule has 0 aliphatic heterocycles. The highest BCUT2D eigenvalue weighted by molar-refractivity contribution is 14.0. The number of hydrogen-bond donors (Lipinski definition) is 2. The van der Waals surface area contributed by atoms with Crippen molar-refractivity contribution < 1.29 is 4.74 Å². The zero-order valence-electron chi connectivity index (χ0n) is 12.1. The van der Waals surface area contributed by atoms with Crippen LogP contribution in [0, 0.1) is 6.92 Å². The predicted molar refractivity (Wildman–Crippen MR) is 91.6 cm³/mol. The van der Waals surface area contributed by atoms with Crippen LogP contribution in [0.25, 0.3) is 0 Å². The van der Waals surface area contributed by atoms with E-state index in [4.69, 9.17) is 4.74 Å². The van der Waals surface area contributed by atoms with E-state index in [0.717, 1.165) is 35.9 Å². The molecule has 0 saturated carbocycles. The van der Waals surface area contributed by atoms with Crippen LogP contribution in [-0.2, 0) is 6.54 Å². The maximum atomic E-state index is 5.31. The number of aliphatic imine (C=N–C) groups is 1. The average Bonchev–Trinajstić information content (AvgIpc) is 2.38. The van der Waals surface area contributed by atoms with E-state index in [9.17, 15) is 0 Å². The van der Waals surface area contributed by atoms with Crippen molar-refractivity contribution in [3.8, 4) is 5.75 Å². The van der Waals surface area contributed by atoms with Crippen LogP contribution in [-0.4, -0.2) is 26.2 Å². The van der Waals surface area contributed by atoms with Gasteiger partial charge in [-0.05, 0) is 38.0 Å². The van der Waals surface area contributed by atoms with Gasteiger partial charge in [-0.1, -0.05) is 12.1 Å². The van der Waals surface area contributed by atoms with E-state index in [1.165, 1.54) is 0 Å². The minimum atomic E-state index is 0. The quantitative estimate of drug-likeness (QED) is 0.471. The third-order valence-electron chi connectivity index (χ3n) is 2.58. The molecule has 1 aromatic carbocycles. The lowest BCUT2D eigenvalue weighted by molar-refractivity contribution is 0.411. The molecule has 0 aromatic heterocycles. The Morgan fingerprint density at radius 2 is 1.84 bits per heavy atom. The summed E-state index contributed by atoms with van der Waals surface area (Å²) in [6.07, 6.45) is 0. The van der Waals surface area contributed by atoms with Crippen LogP contribution in [0.4, 0.5) is 0 Å². The summed E-state index contributed by atoms with van der Waals surface area (Å²) in [7, 11) is 1.69. The molecule has 0 spiro atoms. The van der Waals surface area contributed by atoms with Gasteiger partial charge in [0.25, 0.3) is 0 Å². The Kier molecular flexibility index (Phi) is 9.38. The zero-order chi connectivity index (χ0) is 13.4. The third-order valence-corrected chi connectivity index (χ3v) is 2.58. The van der Waals surface area contributed by atoms with Gasteiger partial charge in [-0.3, -0.25) is 0 Å². The largest absolute Gasteiger partial charge is 0.496 e. The second-order valence-electron chi connectivity index (χ2n) is 4.03. The number of benzene rings is 1. The Labute approximate surface area is 133 Å². The first-order chi connectivity index (χ1) is 8.71. The summed E-state index contributed by atoms with van der Waals surface area (Å²) in [6, 6.07) is 6.18. The van der Waals surface area contributed by atoms with Crippen LogP contribution < -0.4 is 15.4 Å². The normalized spacial score (nSPS) is 9.26. The summed E-state index contributed by atoms with van der Waals surface area (Å²) in [5.74, 6) is 1.76. The summed E-state index contributed by atoms with van der Waals surface area (Å²) >= 11 is 0. The maximum absolute atomic E-state index is 5.31. The molecule has 0 aliphatic carbocycles. The topological polar surface area (TPSA) is 45.7 Å². The first-order valence-electron chi connectivity index (χ1n) is 6.37. The van der Waals surface area contributed by atoms with Crippen LogP contribution in [0.15, 0.2) is 23.2 Å². The van der Waals surface area contributed by atoms with Crippen molar-refractivity contribution in [2.24, 2.45) is 4.99 Å². The molecular formula is C14H24IN3O. The Balaban J connectivity index is 0.00000324. The smallest absolute Gasteiger partial charge is 0.191 e. The molecule has 0 unspecified atom stereocenters. The molecule has 108 valence electrons. The Hall–Kier alpha value is -0.980. The van der Waals surface area contributed by atoms with Gasteiger partial charge < -0.3 is 15.4 Å². The van der Waals surface area contributed by atoms with Gasteiger partial charge in [-0.15, -0.1) is 24.0 Å². The highest BCUT2D eigenvalue weighted by atomic mass is 127. The number of ether oxygens (including phenoxy) is 1. The fraction of sp³-hybridized carbons (Fsp3) is 0.500. The molecule has 0 radical (unpaired) electrons. The predicted octanol–water partition coefficient (Wildman–Crippen LogP) is 2.70. The van der Waals surface area contributed by atoms with E-state index in [2.05, 4.69) is 41.6 Å². The standard InChI is InChI=1S/C14H23N3O.HI/c1-5-15-14(16-6-2)17-10-12-8-7-11(3)13(9-12)18-4;/h7-9H,5-6,10H2,1-4H3,(H2,15,16,17);1H. The molecule has 0 heterocycles. The number of halogens is 1. The van der Waals surface area contributed by atoms with Gasteiger partial charge in [-0.25, -0.2) is 4.99 Å². The van der Waals surface area contributed by atoms with Crippen molar-refractivity contribution in [3.05, 3.63) is 29.3 Å². The van der Waals surface area contributed by atoms with E-state index in [1.807, 2.05) is 13.0 Å². The van der Waals surface area contributed by atoms with E-state index < -0.39 is 0 Å². The fourth-order valence-electron chi connectivity index (χ4n) is 1.64. The molecule has 0 bridgehead atoms. The number of nitrogens with one attached hydrogen (secondary N) is 2. The van der Waals surface area contributed by atoms with Crippen molar-refractivity contribution in [1.82, 2.24) is 10.6 Å². The molecule has 19 heavy (non-hydrogen) atoms. The summed E-state index contributed by atoms with van der Waals surface area (Å²) in [5, 5.41) is 6.40. The molecule has 2 N–H and O–H groups in total. The van der Waals surface area contributed by atoms with Gasteiger partial charge in [0.05, 0.1) is 13.7 Å². The molecule has 5 heteroatoms. The Morgan fingerprint density at radius 3 is 2.37 bits per heavy atom. The summed E-state index contributed by atoms with van der Waals surface area (Å²) in [4.78, 5) is 4.52. The summed E-state index contributed by atoms with van der Waals surface area (Å²) < 4.78 is 5.31. The van der Waals surface area contributed by atoms with Gasteiger partial charge in [0.15, 0.2) is 5.96 Å². The molecule has 1 aromatic rings. The summed E-state index contributed by atoms with van der Waals surface area (Å²) in [5.41, 5.74) is 2.29. The van der Waals surface area contributed by atoms with Crippen LogP contribution >= 0.6 is 24.0 Å². The van der Waals surface area contributed by atoms with Crippen molar-refractivity contribution in [1.29, 1.82) is 0 Å². The van der Waals surface area contributed by atoms with Crippen LogP contribution in [0.1, 0.15) is 25.0 Å². The highest BCUT2D eigenvalue weighted by Crippen LogP contribution is 2.19. The summed E-state index contributed by atoms with van der Waals surface area (Å²) in [6.45, 7) is 8.52. The van der Waals surface area contributed by atoms with Crippen LogP contribution in [0.2, 0.25) is 0 Å². The Bertz CT molecular complexity index is 400. The average molecular weight is 377 g/mol. The minimum absolute atomic E-state index is 0. The zero-order valence-corrected chi connectivity index (χ0v) is 14.4. The lowest BCUT2D eigenvalue weighted by atomic mass is 10.1. The first-order valence-corrected chi connectivity index (χ1v) is 6.37. The monoisotopic (exact) mass is 377 g/mol. The SMILES string of the molecule is CCNC(=NCc1ccc(C)c(OC)c1)NCC.I. The molecule has 0 fully saturated rings. The van der Waals surface area contributed by atoms with E-state index in [1.54, 1.807) is 7.11 Å². The third kappa shape index (κ3) is 6.13. The molecule has 4 nitrogen and oxygen atoms in total. The maximum Gasteiger partial charge on any atom is 0.191 e.